The van der Waals surface area contributed by atoms with Crippen LogP contribution < -0.4 is 4.74 Å². The molecule has 0 saturated carbocycles. The summed E-state index contributed by atoms with van der Waals surface area (Å²) in [6.45, 7) is 0. The van der Waals surface area contributed by atoms with E-state index >= 15 is 0 Å². The number of hydrogen-bond acceptors (Lipinski definition) is 2. The monoisotopic (exact) mass is 320 g/mol. The lowest BCUT2D eigenvalue weighted by Gasteiger charge is -2.13. The van der Waals surface area contributed by atoms with E-state index in [1.807, 2.05) is 0 Å². The zero-order valence-electron chi connectivity index (χ0n) is 7.36. The second kappa shape index (κ2) is 4.84. The summed E-state index contributed by atoms with van der Waals surface area (Å²) in [5.74, 6) is -0.289. The third kappa shape index (κ3) is 3.46. The molecule has 0 unspecified atom stereocenters. The van der Waals surface area contributed by atoms with E-state index in [0.717, 1.165) is 11.8 Å². The normalized spacial score (nSPS) is 11.6. The molecule has 0 atom stereocenters. The molecular formula is C8H5BrClF3OS. The quantitative estimate of drug-likeness (QED) is 0.729. The molecule has 0 aliphatic heterocycles. The maximum atomic E-state index is 12.0. The van der Waals surface area contributed by atoms with Gasteiger partial charge in [-0.05, 0) is 34.3 Å². The van der Waals surface area contributed by atoms with Gasteiger partial charge in [0, 0.05) is 4.47 Å². The molecule has 0 aliphatic rings. The Kier molecular flexibility index (Phi) is 4.20. The van der Waals surface area contributed by atoms with Crippen molar-refractivity contribution < 1.29 is 17.9 Å². The summed E-state index contributed by atoms with van der Waals surface area (Å²) in [5, 5.41) is 0.212. The fourth-order valence-electron chi connectivity index (χ4n) is 0.910. The van der Waals surface area contributed by atoms with Gasteiger partial charge in [0.15, 0.2) is 0 Å². The first-order chi connectivity index (χ1) is 6.85. The van der Waals surface area contributed by atoms with Crippen molar-refractivity contribution in [2.24, 2.45) is 0 Å². The van der Waals surface area contributed by atoms with Gasteiger partial charge in [-0.1, -0.05) is 11.6 Å². The third-order valence-electron chi connectivity index (χ3n) is 1.44. The minimum atomic E-state index is -4.71. The van der Waals surface area contributed by atoms with Crippen LogP contribution in [0, 0.1) is 0 Å². The minimum absolute atomic E-state index is 0.212. The zero-order chi connectivity index (χ0) is 11.6. The van der Waals surface area contributed by atoms with Gasteiger partial charge in [-0.3, -0.25) is 0 Å². The second-order valence-electron chi connectivity index (χ2n) is 2.44. The van der Waals surface area contributed by atoms with E-state index in [0.29, 0.717) is 4.47 Å². The van der Waals surface area contributed by atoms with Gasteiger partial charge in [0.25, 0.3) is 0 Å². The first kappa shape index (κ1) is 13.0. The number of hydrogen-bond donors (Lipinski definition) is 0. The molecule has 1 aromatic rings. The predicted octanol–water partition coefficient (Wildman–Crippen LogP) is 4.72. The first-order valence-corrected chi connectivity index (χ1v) is 6.02. The van der Waals surface area contributed by atoms with Gasteiger partial charge < -0.3 is 4.74 Å². The lowest BCUT2D eigenvalue weighted by molar-refractivity contribution is -0.275. The molecule has 0 heterocycles. The van der Waals surface area contributed by atoms with Crippen molar-refractivity contribution in [2.45, 2.75) is 11.3 Å². The van der Waals surface area contributed by atoms with Crippen LogP contribution in [-0.4, -0.2) is 12.6 Å². The molecule has 0 aliphatic carbocycles. The number of rotatable bonds is 2. The maximum absolute atomic E-state index is 12.0. The van der Waals surface area contributed by atoms with Crippen molar-refractivity contribution in [3.05, 3.63) is 21.6 Å². The highest BCUT2D eigenvalue weighted by atomic mass is 79.9. The predicted molar refractivity (Wildman–Crippen MR) is 57.6 cm³/mol. The van der Waals surface area contributed by atoms with Crippen molar-refractivity contribution in [1.82, 2.24) is 0 Å². The van der Waals surface area contributed by atoms with E-state index in [1.165, 1.54) is 12.1 Å². The zero-order valence-corrected chi connectivity index (χ0v) is 10.5. The number of benzene rings is 1. The number of alkyl halides is 3. The fraction of sp³-hybridized carbons (Fsp3) is 0.250. The molecule has 1 rings (SSSR count). The van der Waals surface area contributed by atoms with E-state index in [4.69, 9.17) is 11.6 Å². The SMILES string of the molecule is CSc1c(OC(F)(F)F)ccc(Br)c1Cl. The lowest BCUT2D eigenvalue weighted by atomic mass is 10.3. The summed E-state index contributed by atoms with van der Waals surface area (Å²) in [4.78, 5) is 0.253. The van der Waals surface area contributed by atoms with E-state index in [2.05, 4.69) is 20.7 Å². The van der Waals surface area contributed by atoms with Crippen LogP contribution >= 0.6 is 39.3 Å². The molecule has 0 radical (unpaired) electrons. The Morgan fingerprint density at radius 1 is 1.40 bits per heavy atom. The van der Waals surface area contributed by atoms with Crippen LogP contribution in [0.4, 0.5) is 13.2 Å². The molecular weight excluding hydrogens is 317 g/mol. The first-order valence-electron chi connectivity index (χ1n) is 3.63. The number of thioether (sulfide) groups is 1. The Balaban J connectivity index is 3.14. The third-order valence-corrected chi connectivity index (χ3v) is 3.65. The molecule has 1 aromatic carbocycles. The molecule has 0 saturated heterocycles. The van der Waals surface area contributed by atoms with Gasteiger partial charge >= 0.3 is 6.36 Å². The van der Waals surface area contributed by atoms with E-state index in [-0.39, 0.29) is 15.7 Å². The highest BCUT2D eigenvalue weighted by Gasteiger charge is 2.32. The molecule has 15 heavy (non-hydrogen) atoms. The Morgan fingerprint density at radius 2 is 2.00 bits per heavy atom. The Labute approximate surface area is 102 Å². The van der Waals surface area contributed by atoms with Crippen LogP contribution in [0.3, 0.4) is 0 Å². The summed E-state index contributed by atoms with van der Waals surface area (Å²) in [6, 6.07) is 2.62. The largest absolute Gasteiger partial charge is 0.573 e. The smallest absolute Gasteiger partial charge is 0.405 e. The highest BCUT2D eigenvalue weighted by Crippen LogP contribution is 2.41. The summed E-state index contributed by atoms with van der Waals surface area (Å²) in [7, 11) is 0. The molecule has 84 valence electrons. The summed E-state index contributed by atoms with van der Waals surface area (Å²) >= 11 is 10.0. The second-order valence-corrected chi connectivity index (χ2v) is 4.49. The molecule has 1 nitrogen and oxygen atoms in total. The minimum Gasteiger partial charge on any atom is -0.405 e. The van der Waals surface area contributed by atoms with E-state index < -0.39 is 6.36 Å². The molecule has 7 heteroatoms. The van der Waals surface area contributed by atoms with Crippen molar-refractivity contribution in [1.29, 1.82) is 0 Å². The van der Waals surface area contributed by atoms with Crippen molar-refractivity contribution in [3.63, 3.8) is 0 Å². The van der Waals surface area contributed by atoms with Crippen LogP contribution in [0.15, 0.2) is 21.5 Å². The van der Waals surface area contributed by atoms with Crippen molar-refractivity contribution >= 4 is 39.3 Å². The van der Waals surface area contributed by atoms with Crippen molar-refractivity contribution in [2.75, 3.05) is 6.26 Å². The average molecular weight is 322 g/mol. The summed E-state index contributed by atoms with van der Waals surface area (Å²) < 4.78 is 40.4. The van der Waals surface area contributed by atoms with Crippen LogP contribution in [-0.2, 0) is 0 Å². The molecule has 0 bridgehead atoms. The maximum Gasteiger partial charge on any atom is 0.573 e. The molecule has 0 amide bonds. The van der Waals surface area contributed by atoms with Crippen LogP contribution in [0.1, 0.15) is 0 Å². The Morgan fingerprint density at radius 3 is 2.47 bits per heavy atom. The van der Waals surface area contributed by atoms with Crippen LogP contribution in [0.5, 0.6) is 5.75 Å². The molecule has 0 N–H and O–H groups in total. The van der Waals surface area contributed by atoms with Gasteiger partial charge in [-0.15, -0.1) is 24.9 Å². The standard InChI is InChI=1S/C8H5BrClF3OS/c1-15-7-5(14-8(11,12)13)3-2-4(9)6(7)10/h2-3H,1H3. The molecule has 0 aromatic heterocycles. The van der Waals surface area contributed by atoms with E-state index in [1.54, 1.807) is 6.26 Å². The van der Waals surface area contributed by atoms with Gasteiger partial charge in [-0.2, -0.15) is 0 Å². The van der Waals surface area contributed by atoms with Crippen LogP contribution in [0.2, 0.25) is 5.02 Å². The van der Waals surface area contributed by atoms with E-state index in [9.17, 15) is 13.2 Å². The summed E-state index contributed by atoms with van der Waals surface area (Å²) in [5.41, 5.74) is 0. The molecule has 0 fully saturated rings. The van der Waals surface area contributed by atoms with Gasteiger partial charge in [0.1, 0.15) is 5.75 Å². The summed E-state index contributed by atoms with van der Waals surface area (Å²) in [6.07, 6.45) is -3.08. The average Bonchev–Trinajstić information content (AvgIpc) is 2.10. The van der Waals surface area contributed by atoms with Gasteiger partial charge in [0.05, 0.1) is 9.92 Å². The fourth-order valence-corrected chi connectivity index (χ4v) is 2.36. The van der Waals surface area contributed by atoms with Crippen molar-refractivity contribution in [3.8, 4) is 5.75 Å². The van der Waals surface area contributed by atoms with Crippen LogP contribution in [0.25, 0.3) is 0 Å². The molecule has 0 spiro atoms. The Hall–Kier alpha value is -0.0700. The lowest BCUT2D eigenvalue weighted by Crippen LogP contribution is -2.17. The number of halogens is 5. The Bertz CT molecular complexity index is 370. The highest BCUT2D eigenvalue weighted by molar-refractivity contribution is 9.10. The number of ether oxygens (including phenoxy) is 1. The van der Waals surface area contributed by atoms with Gasteiger partial charge in [-0.25, -0.2) is 0 Å². The topological polar surface area (TPSA) is 9.23 Å². The van der Waals surface area contributed by atoms with Gasteiger partial charge in [0.2, 0.25) is 0 Å².